The van der Waals surface area contributed by atoms with Crippen LogP contribution in [-0.4, -0.2) is 13.0 Å². The number of ether oxygens (including phenoxy) is 2. The summed E-state index contributed by atoms with van der Waals surface area (Å²) in [6, 6.07) is 16.9. The molecule has 0 spiro atoms. The third kappa shape index (κ3) is 6.34. The van der Waals surface area contributed by atoms with Crippen LogP contribution >= 0.6 is 46.4 Å². The van der Waals surface area contributed by atoms with Crippen molar-refractivity contribution in [1.82, 2.24) is 0 Å². The van der Waals surface area contributed by atoms with Gasteiger partial charge in [-0.1, -0.05) is 64.6 Å². The predicted octanol–water partition coefficient (Wildman–Crippen LogP) is 7.43. The van der Waals surface area contributed by atoms with E-state index in [-0.39, 0.29) is 17.2 Å². The van der Waals surface area contributed by atoms with Crippen molar-refractivity contribution in [1.29, 1.82) is 5.26 Å². The van der Waals surface area contributed by atoms with Crippen molar-refractivity contribution in [3.63, 3.8) is 0 Å². The third-order valence-corrected chi connectivity index (χ3v) is 5.77. The second-order valence-electron chi connectivity index (χ2n) is 6.68. The molecule has 0 saturated carbocycles. The fourth-order valence-corrected chi connectivity index (χ4v) is 3.59. The van der Waals surface area contributed by atoms with Gasteiger partial charge in [-0.05, 0) is 53.6 Å². The standard InChI is InChI=1S/C24H16Cl4N2O3/c1-32-22-11-15(8-16(12-29)24(31)30-21-5-3-2-4-18(21)26)10-20(28)23(22)33-13-14-6-7-17(25)19(27)9-14/h2-11H,13H2,1H3,(H,30,31)/b16-8+. The highest BCUT2D eigenvalue weighted by Gasteiger charge is 2.15. The normalized spacial score (nSPS) is 11.0. The molecular formula is C24H16Cl4N2O3. The second kappa shape index (κ2) is 11.3. The van der Waals surface area contributed by atoms with Crippen LogP contribution in [0.15, 0.2) is 60.2 Å². The van der Waals surface area contributed by atoms with E-state index < -0.39 is 5.91 Å². The van der Waals surface area contributed by atoms with Crippen molar-refractivity contribution in [3.05, 3.63) is 91.4 Å². The molecular weight excluding hydrogens is 506 g/mol. The molecule has 0 unspecified atom stereocenters. The van der Waals surface area contributed by atoms with Crippen molar-refractivity contribution in [3.8, 4) is 17.6 Å². The van der Waals surface area contributed by atoms with Gasteiger partial charge in [0, 0.05) is 0 Å². The number of carbonyl (C=O) groups is 1. The van der Waals surface area contributed by atoms with Gasteiger partial charge in [-0.2, -0.15) is 5.26 Å². The van der Waals surface area contributed by atoms with Crippen LogP contribution in [0.25, 0.3) is 6.08 Å². The fraction of sp³-hybridized carbons (Fsp3) is 0.0833. The van der Waals surface area contributed by atoms with Crippen LogP contribution < -0.4 is 14.8 Å². The lowest BCUT2D eigenvalue weighted by Gasteiger charge is -2.14. The highest BCUT2D eigenvalue weighted by Crippen LogP contribution is 2.38. The molecule has 3 aromatic carbocycles. The van der Waals surface area contributed by atoms with Gasteiger partial charge in [-0.3, -0.25) is 4.79 Å². The molecule has 33 heavy (non-hydrogen) atoms. The average Bonchev–Trinajstić information content (AvgIpc) is 2.80. The third-order valence-electron chi connectivity index (χ3n) is 4.42. The van der Waals surface area contributed by atoms with Gasteiger partial charge in [0.1, 0.15) is 18.2 Å². The van der Waals surface area contributed by atoms with E-state index in [0.29, 0.717) is 37.8 Å². The number of halogens is 4. The number of nitrogens with one attached hydrogen (secondary N) is 1. The largest absolute Gasteiger partial charge is 0.493 e. The number of anilines is 1. The lowest BCUT2D eigenvalue weighted by molar-refractivity contribution is -0.112. The Morgan fingerprint density at radius 1 is 1.00 bits per heavy atom. The van der Waals surface area contributed by atoms with Gasteiger partial charge in [0.15, 0.2) is 11.5 Å². The summed E-state index contributed by atoms with van der Waals surface area (Å²) in [5.41, 5.74) is 1.52. The van der Waals surface area contributed by atoms with Gasteiger partial charge in [0.2, 0.25) is 0 Å². The number of carbonyl (C=O) groups excluding carboxylic acids is 1. The van der Waals surface area contributed by atoms with Crippen molar-refractivity contribution < 1.29 is 14.3 Å². The summed E-state index contributed by atoms with van der Waals surface area (Å²) in [5, 5.41) is 13.6. The number of methoxy groups -OCH3 is 1. The first kappa shape index (κ1) is 24.8. The molecule has 5 nitrogen and oxygen atoms in total. The molecule has 0 radical (unpaired) electrons. The maximum atomic E-state index is 12.5. The first-order valence-corrected chi connectivity index (χ1v) is 11.0. The van der Waals surface area contributed by atoms with E-state index in [2.05, 4.69) is 5.32 Å². The number of hydrogen-bond donors (Lipinski definition) is 1. The zero-order valence-corrected chi connectivity index (χ0v) is 20.2. The van der Waals surface area contributed by atoms with E-state index in [9.17, 15) is 10.1 Å². The van der Waals surface area contributed by atoms with E-state index in [1.54, 1.807) is 54.6 Å². The molecule has 1 amide bonds. The van der Waals surface area contributed by atoms with E-state index in [0.717, 1.165) is 5.56 Å². The number of nitriles is 1. The molecule has 0 bridgehead atoms. The molecule has 0 aliphatic rings. The van der Waals surface area contributed by atoms with Crippen LogP contribution in [0.3, 0.4) is 0 Å². The molecule has 0 atom stereocenters. The summed E-state index contributed by atoms with van der Waals surface area (Å²) in [6.45, 7) is 0.172. The SMILES string of the molecule is COc1cc(/C=C(\C#N)C(=O)Nc2ccccc2Cl)cc(Cl)c1OCc1ccc(Cl)c(Cl)c1. The van der Waals surface area contributed by atoms with Crippen LogP contribution in [0, 0.1) is 11.3 Å². The zero-order valence-electron chi connectivity index (χ0n) is 17.2. The Labute approximate surface area is 211 Å². The molecule has 1 N–H and O–H groups in total. The number of benzene rings is 3. The maximum Gasteiger partial charge on any atom is 0.266 e. The van der Waals surface area contributed by atoms with Gasteiger partial charge >= 0.3 is 0 Å². The molecule has 0 fully saturated rings. The highest BCUT2D eigenvalue weighted by molar-refractivity contribution is 6.42. The van der Waals surface area contributed by atoms with Crippen LogP contribution in [-0.2, 0) is 11.4 Å². The molecule has 9 heteroatoms. The molecule has 3 aromatic rings. The van der Waals surface area contributed by atoms with E-state index in [1.807, 2.05) is 6.07 Å². The van der Waals surface area contributed by atoms with Crippen molar-refractivity contribution >= 4 is 64.1 Å². The molecule has 168 valence electrons. The van der Waals surface area contributed by atoms with Crippen LogP contribution in [0.5, 0.6) is 11.5 Å². The van der Waals surface area contributed by atoms with Gasteiger partial charge < -0.3 is 14.8 Å². The Hall–Kier alpha value is -2.88. The van der Waals surface area contributed by atoms with Gasteiger partial charge in [-0.15, -0.1) is 0 Å². The monoisotopic (exact) mass is 520 g/mol. The number of rotatable bonds is 7. The van der Waals surface area contributed by atoms with Gasteiger partial charge in [0.25, 0.3) is 5.91 Å². The fourth-order valence-electron chi connectivity index (χ4n) is 2.82. The maximum absolute atomic E-state index is 12.5. The van der Waals surface area contributed by atoms with Crippen LogP contribution in [0.2, 0.25) is 20.1 Å². The Balaban J connectivity index is 1.83. The lowest BCUT2D eigenvalue weighted by atomic mass is 10.1. The topological polar surface area (TPSA) is 71.3 Å². The van der Waals surface area contributed by atoms with Crippen molar-refractivity contribution in [2.75, 3.05) is 12.4 Å². The smallest absolute Gasteiger partial charge is 0.266 e. The number of para-hydroxylation sites is 1. The molecule has 0 heterocycles. The van der Waals surface area contributed by atoms with Gasteiger partial charge in [0.05, 0.1) is 32.9 Å². The minimum Gasteiger partial charge on any atom is -0.493 e. The number of nitrogens with zero attached hydrogens (tertiary/aromatic N) is 1. The highest BCUT2D eigenvalue weighted by atomic mass is 35.5. The molecule has 0 aliphatic heterocycles. The van der Waals surface area contributed by atoms with Crippen molar-refractivity contribution in [2.45, 2.75) is 6.61 Å². The summed E-state index contributed by atoms with van der Waals surface area (Å²) < 4.78 is 11.2. The summed E-state index contributed by atoms with van der Waals surface area (Å²) in [7, 11) is 1.46. The summed E-state index contributed by atoms with van der Waals surface area (Å²) in [4.78, 5) is 12.5. The summed E-state index contributed by atoms with van der Waals surface area (Å²) >= 11 is 24.5. The predicted molar refractivity (Wildman–Crippen MR) is 132 cm³/mol. The molecule has 0 aromatic heterocycles. The Morgan fingerprint density at radius 2 is 1.76 bits per heavy atom. The first-order valence-electron chi connectivity index (χ1n) is 9.44. The Bertz CT molecular complexity index is 1270. The van der Waals surface area contributed by atoms with Crippen LogP contribution in [0.1, 0.15) is 11.1 Å². The minimum absolute atomic E-state index is 0.141. The number of hydrogen-bond acceptors (Lipinski definition) is 4. The van der Waals surface area contributed by atoms with E-state index >= 15 is 0 Å². The van der Waals surface area contributed by atoms with Gasteiger partial charge in [-0.25, -0.2) is 0 Å². The Morgan fingerprint density at radius 3 is 2.42 bits per heavy atom. The average molecular weight is 522 g/mol. The molecule has 3 rings (SSSR count). The summed E-state index contributed by atoms with van der Waals surface area (Å²) in [6.07, 6.45) is 1.39. The summed E-state index contributed by atoms with van der Waals surface area (Å²) in [5.74, 6) is 0.0275. The molecule has 0 aliphatic carbocycles. The lowest BCUT2D eigenvalue weighted by Crippen LogP contribution is -2.13. The first-order chi connectivity index (χ1) is 15.8. The van der Waals surface area contributed by atoms with Crippen molar-refractivity contribution in [2.24, 2.45) is 0 Å². The van der Waals surface area contributed by atoms with E-state index in [4.69, 9.17) is 55.9 Å². The quantitative estimate of drug-likeness (QED) is 0.259. The second-order valence-corrected chi connectivity index (χ2v) is 8.30. The minimum atomic E-state index is -0.611. The number of amides is 1. The van der Waals surface area contributed by atoms with E-state index in [1.165, 1.54) is 13.2 Å². The molecule has 0 saturated heterocycles. The van der Waals surface area contributed by atoms with Crippen LogP contribution in [0.4, 0.5) is 5.69 Å². The zero-order chi connectivity index (χ0) is 24.0. The Kier molecular flexibility index (Phi) is 8.49.